The van der Waals surface area contributed by atoms with Crippen molar-refractivity contribution >= 4 is 17.6 Å². The first-order valence-electron chi connectivity index (χ1n) is 15.8. The van der Waals surface area contributed by atoms with Crippen LogP contribution in [0.15, 0.2) is 54.6 Å². The molecule has 2 aromatic carbocycles. The van der Waals surface area contributed by atoms with Crippen molar-refractivity contribution in [3.05, 3.63) is 82.7 Å². The number of aromatic nitrogens is 1. The van der Waals surface area contributed by atoms with Gasteiger partial charge in [-0.15, -0.1) is 0 Å². The molecule has 0 unspecified atom stereocenters. The Morgan fingerprint density at radius 3 is 2.16 bits per heavy atom. The number of rotatable bonds is 10. The molecule has 1 aliphatic heterocycles. The second-order valence-corrected chi connectivity index (χ2v) is 13.4. The second kappa shape index (κ2) is 14.1. The predicted molar refractivity (Wildman–Crippen MR) is 178 cm³/mol. The minimum absolute atomic E-state index is 0.143. The number of hydrogen-bond acceptors (Lipinski definition) is 7. The lowest BCUT2D eigenvalue weighted by Gasteiger charge is -2.42. The number of nitrogens with one attached hydrogen (secondary N) is 1. The zero-order chi connectivity index (χ0) is 32.9. The van der Waals surface area contributed by atoms with Crippen LogP contribution >= 0.6 is 0 Å². The Morgan fingerprint density at radius 2 is 1.60 bits per heavy atom. The van der Waals surface area contributed by atoms with Crippen LogP contribution in [0.3, 0.4) is 0 Å². The van der Waals surface area contributed by atoms with Crippen LogP contribution in [0.5, 0.6) is 0 Å². The summed E-state index contributed by atoms with van der Waals surface area (Å²) >= 11 is 0. The van der Waals surface area contributed by atoms with E-state index >= 15 is 0 Å². The van der Waals surface area contributed by atoms with Gasteiger partial charge in [0.1, 0.15) is 0 Å². The highest BCUT2D eigenvalue weighted by atomic mass is 16.6. The third-order valence-corrected chi connectivity index (χ3v) is 8.24. The van der Waals surface area contributed by atoms with Gasteiger partial charge in [-0.2, -0.15) is 0 Å². The number of anilines is 1. The third kappa shape index (κ3) is 8.50. The van der Waals surface area contributed by atoms with Crippen molar-refractivity contribution in [3.8, 4) is 11.1 Å². The molecule has 4 rings (SSSR count). The van der Waals surface area contributed by atoms with E-state index in [1.54, 1.807) is 7.11 Å². The maximum absolute atomic E-state index is 13.7. The molecule has 8 heteroatoms. The molecule has 0 spiro atoms. The van der Waals surface area contributed by atoms with E-state index in [-0.39, 0.29) is 17.6 Å². The molecule has 8 nitrogen and oxygen atoms in total. The maximum Gasteiger partial charge on any atom is 0.340 e. The number of piperidine rings is 1. The number of methoxy groups -OCH3 is 1. The number of pyridine rings is 1. The van der Waals surface area contributed by atoms with Gasteiger partial charge < -0.3 is 24.4 Å². The molecular formula is C37H49N3O5. The van der Waals surface area contributed by atoms with Gasteiger partial charge >= 0.3 is 5.97 Å². The van der Waals surface area contributed by atoms with E-state index in [1.165, 1.54) is 0 Å². The van der Waals surface area contributed by atoms with Crippen LogP contribution in [0.25, 0.3) is 11.1 Å². The predicted octanol–water partition coefficient (Wildman–Crippen LogP) is 7.11. The van der Waals surface area contributed by atoms with Gasteiger partial charge in [-0.25, -0.2) is 4.79 Å². The van der Waals surface area contributed by atoms with E-state index in [4.69, 9.17) is 19.2 Å². The number of nitrogens with zero attached hydrogens (tertiary/aromatic N) is 2. The number of ether oxygens (including phenoxy) is 3. The Bertz CT molecular complexity index is 1470. The molecule has 1 saturated heterocycles. The molecule has 1 amide bonds. The second-order valence-electron chi connectivity index (χ2n) is 13.4. The van der Waals surface area contributed by atoms with Gasteiger partial charge in [0, 0.05) is 54.8 Å². The number of benzene rings is 2. The van der Waals surface area contributed by atoms with E-state index in [9.17, 15) is 9.59 Å². The van der Waals surface area contributed by atoms with Crippen LogP contribution in [0.4, 0.5) is 5.69 Å². The average Bonchev–Trinajstić information content (AvgIpc) is 2.99. The molecule has 2 heterocycles. The van der Waals surface area contributed by atoms with Gasteiger partial charge in [-0.1, -0.05) is 42.5 Å². The van der Waals surface area contributed by atoms with E-state index in [0.29, 0.717) is 17.7 Å². The Hall–Kier alpha value is -3.75. The number of carbonyl (C=O) groups is 2. The van der Waals surface area contributed by atoms with Crippen LogP contribution in [0, 0.1) is 13.8 Å². The average molecular weight is 616 g/mol. The summed E-state index contributed by atoms with van der Waals surface area (Å²) in [6.45, 7) is 17.5. The topological polar surface area (TPSA) is 90.0 Å². The van der Waals surface area contributed by atoms with Crippen molar-refractivity contribution in [2.24, 2.45) is 0 Å². The summed E-state index contributed by atoms with van der Waals surface area (Å²) in [5.41, 5.74) is 5.75. The zero-order valence-electron chi connectivity index (χ0n) is 28.3. The van der Waals surface area contributed by atoms with Gasteiger partial charge in [0.15, 0.2) is 6.10 Å². The van der Waals surface area contributed by atoms with Gasteiger partial charge in [0.05, 0.1) is 23.0 Å². The molecule has 1 aromatic heterocycles. The minimum Gasteiger partial charge on any atom is -0.461 e. The first-order valence-corrected chi connectivity index (χ1v) is 15.8. The lowest BCUT2D eigenvalue weighted by molar-refractivity contribution is -0.171. The first kappa shape index (κ1) is 34.1. The highest BCUT2D eigenvalue weighted by Crippen LogP contribution is 2.44. The van der Waals surface area contributed by atoms with Crippen molar-refractivity contribution in [1.29, 1.82) is 0 Å². The van der Waals surface area contributed by atoms with Crippen LogP contribution in [-0.2, 0) is 25.5 Å². The molecule has 0 saturated carbocycles. The summed E-state index contributed by atoms with van der Waals surface area (Å²) in [7, 11) is 1.76. The fraction of sp³-hybridized carbons (Fsp3) is 0.486. The van der Waals surface area contributed by atoms with Gasteiger partial charge in [0.25, 0.3) is 5.91 Å². The fourth-order valence-electron chi connectivity index (χ4n) is 5.78. The van der Waals surface area contributed by atoms with E-state index in [1.807, 2.05) is 103 Å². The lowest BCUT2D eigenvalue weighted by atomic mass is 9.89. The fourth-order valence-corrected chi connectivity index (χ4v) is 5.78. The number of hydrogen-bond donors (Lipinski definition) is 1. The molecule has 0 aliphatic carbocycles. The van der Waals surface area contributed by atoms with Gasteiger partial charge in [-0.05, 0) is 91.5 Å². The Morgan fingerprint density at radius 1 is 0.978 bits per heavy atom. The van der Waals surface area contributed by atoms with Crippen molar-refractivity contribution in [1.82, 2.24) is 10.3 Å². The number of carbonyl (C=O) groups excluding carboxylic acids is 2. The Labute approximate surface area is 268 Å². The number of amides is 1. The largest absolute Gasteiger partial charge is 0.461 e. The van der Waals surface area contributed by atoms with Crippen LogP contribution in [0.2, 0.25) is 0 Å². The van der Waals surface area contributed by atoms with Crippen LogP contribution in [0.1, 0.15) is 93.4 Å². The molecule has 45 heavy (non-hydrogen) atoms. The number of esters is 1. The SMILES string of the molecule is COC1(C)CCN(c2c(-c3ccc(C(=O)NCc4ccccc4)cc3)c(C)nc(C)c2[C@H](OC(C)(C)C)C(=O)OC(C)C)CC1. The van der Waals surface area contributed by atoms with Crippen LogP contribution < -0.4 is 10.2 Å². The lowest BCUT2D eigenvalue weighted by Crippen LogP contribution is -2.44. The molecule has 242 valence electrons. The summed E-state index contributed by atoms with van der Waals surface area (Å²) in [4.78, 5) is 34.0. The summed E-state index contributed by atoms with van der Waals surface area (Å²) in [5, 5.41) is 3.00. The number of aryl methyl sites for hydroxylation is 2. The van der Waals surface area contributed by atoms with Crippen molar-refractivity contribution in [3.63, 3.8) is 0 Å². The summed E-state index contributed by atoms with van der Waals surface area (Å²) in [5.74, 6) is -0.583. The summed E-state index contributed by atoms with van der Waals surface area (Å²) in [6.07, 6.45) is 0.367. The standard InChI is InChI=1S/C37H49N3O5/c1-24(2)44-35(42)33(45-36(5,6)7)31-26(4)39-25(3)30(32(31)40-21-19-37(8,43-9)20-22-40)28-15-17-29(18-16-28)34(41)38-23-27-13-11-10-12-14-27/h10-18,24,33H,19-23H2,1-9H3,(H,38,41)/t33-/m0/s1. The molecule has 1 fully saturated rings. The van der Waals surface area contributed by atoms with Gasteiger partial charge in [-0.3, -0.25) is 9.78 Å². The Kier molecular flexibility index (Phi) is 10.7. The smallest absolute Gasteiger partial charge is 0.340 e. The highest BCUT2D eigenvalue weighted by molar-refractivity contribution is 5.95. The molecule has 1 N–H and O–H groups in total. The maximum atomic E-state index is 13.7. The summed E-state index contributed by atoms with van der Waals surface area (Å²) < 4.78 is 18.1. The third-order valence-electron chi connectivity index (χ3n) is 8.24. The molecule has 0 radical (unpaired) electrons. The quantitative estimate of drug-likeness (QED) is 0.243. The molecular weight excluding hydrogens is 566 g/mol. The minimum atomic E-state index is -0.979. The normalized spacial score (nSPS) is 15.6. The van der Waals surface area contributed by atoms with Crippen molar-refractivity contribution < 1.29 is 23.8 Å². The highest BCUT2D eigenvalue weighted by Gasteiger charge is 2.38. The van der Waals surface area contributed by atoms with Crippen LogP contribution in [-0.4, -0.2) is 54.4 Å². The van der Waals surface area contributed by atoms with Crippen molar-refractivity contribution in [2.45, 2.75) is 98.2 Å². The van der Waals surface area contributed by atoms with E-state index < -0.39 is 17.7 Å². The van der Waals surface area contributed by atoms with Gasteiger partial charge in [0.2, 0.25) is 0 Å². The molecule has 1 aliphatic rings. The molecule has 1 atom stereocenters. The Balaban J connectivity index is 1.81. The zero-order valence-corrected chi connectivity index (χ0v) is 28.3. The molecule has 3 aromatic rings. The summed E-state index contributed by atoms with van der Waals surface area (Å²) in [6, 6.07) is 17.4. The molecule has 0 bridgehead atoms. The monoisotopic (exact) mass is 615 g/mol. The van der Waals surface area contributed by atoms with E-state index in [2.05, 4.69) is 17.1 Å². The first-order chi connectivity index (χ1) is 21.2. The van der Waals surface area contributed by atoms with Crippen molar-refractivity contribution in [2.75, 3.05) is 25.1 Å². The van der Waals surface area contributed by atoms with E-state index in [0.717, 1.165) is 59.7 Å².